The van der Waals surface area contributed by atoms with Crippen molar-refractivity contribution in [1.82, 2.24) is 9.80 Å². The maximum Gasteiger partial charge on any atom is 0.257 e. The van der Waals surface area contributed by atoms with E-state index in [1.54, 1.807) is 24.8 Å². The van der Waals surface area contributed by atoms with Crippen molar-refractivity contribution >= 4 is 23.6 Å². The summed E-state index contributed by atoms with van der Waals surface area (Å²) < 4.78 is 33.8. The monoisotopic (exact) mass is 434 g/mol. The number of ether oxygens (including phenoxy) is 1. The predicted molar refractivity (Wildman–Crippen MR) is 112 cm³/mol. The largest absolute Gasteiger partial charge is 0.497 e. The molecule has 0 aliphatic carbocycles. The van der Waals surface area contributed by atoms with Crippen LogP contribution in [-0.4, -0.2) is 60.2 Å². The van der Waals surface area contributed by atoms with E-state index in [4.69, 9.17) is 4.74 Å². The molecule has 0 aromatic heterocycles. The molecule has 0 saturated carbocycles. The van der Waals surface area contributed by atoms with Crippen molar-refractivity contribution in [3.63, 3.8) is 0 Å². The molecular formula is C22H24F2N2O3S. The van der Waals surface area contributed by atoms with Crippen molar-refractivity contribution in [2.45, 2.75) is 30.8 Å². The van der Waals surface area contributed by atoms with Gasteiger partial charge in [0.05, 0.1) is 18.2 Å². The van der Waals surface area contributed by atoms with Gasteiger partial charge in [-0.2, -0.15) is 0 Å². The second kappa shape index (κ2) is 9.04. The van der Waals surface area contributed by atoms with Gasteiger partial charge in [0.15, 0.2) is 0 Å². The summed E-state index contributed by atoms with van der Waals surface area (Å²) in [5.74, 6) is -1.76. The molecule has 5 nitrogen and oxygen atoms in total. The lowest BCUT2D eigenvalue weighted by Crippen LogP contribution is -2.60. The van der Waals surface area contributed by atoms with Crippen LogP contribution in [0.1, 0.15) is 34.6 Å². The Hall–Kier alpha value is -2.61. The number of carbonyl (C=O) groups is 2. The molecule has 1 aliphatic heterocycles. The van der Waals surface area contributed by atoms with Crippen LogP contribution in [0.3, 0.4) is 0 Å². The number of hydrogen-bond donors (Lipinski definition) is 0. The molecule has 0 radical (unpaired) electrons. The standard InChI is InChI=1S/C22H24F2N2O3S/c1-13-11-25(21(27)17-7-5-15(29-3)9-19(17)23)12-14(2)26(13)22(28)18-8-6-16(30-4)10-20(18)24/h5-10,13-14H,11-12H2,1-4H3/t13-,14-/m1/s1. The van der Waals surface area contributed by atoms with Gasteiger partial charge in [0.25, 0.3) is 11.8 Å². The first-order chi connectivity index (χ1) is 14.3. The Morgan fingerprint density at radius 1 is 0.967 bits per heavy atom. The lowest BCUT2D eigenvalue weighted by atomic mass is 10.0. The van der Waals surface area contributed by atoms with Gasteiger partial charge in [0.1, 0.15) is 17.4 Å². The van der Waals surface area contributed by atoms with Crippen molar-refractivity contribution in [2.75, 3.05) is 26.5 Å². The highest BCUT2D eigenvalue weighted by Gasteiger charge is 2.36. The van der Waals surface area contributed by atoms with E-state index in [2.05, 4.69) is 0 Å². The van der Waals surface area contributed by atoms with E-state index in [1.165, 1.54) is 54.1 Å². The summed E-state index contributed by atoms with van der Waals surface area (Å²) in [5, 5.41) is 0. The van der Waals surface area contributed by atoms with E-state index in [-0.39, 0.29) is 36.3 Å². The van der Waals surface area contributed by atoms with Crippen LogP contribution in [-0.2, 0) is 0 Å². The van der Waals surface area contributed by atoms with Gasteiger partial charge < -0.3 is 14.5 Å². The average Bonchev–Trinajstić information content (AvgIpc) is 2.72. The molecule has 30 heavy (non-hydrogen) atoms. The summed E-state index contributed by atoms with van der Waals surface area (Å²) in [6.45, 7) is 4.05. The number of amides is 2. The maximum atomic E-state index is 14.5. The Kier molecular flexibility index (Phi) is 6.65. The van der Waals surface area contributed by atoms with Crippen LogP contribution in [0, 0.1) is 11.6 Å². The Morgan fingerprint density at radius 2 is 1.53 bits per heavy atom. The molecule has 2 amide bonds. The third kappa shape index (κ3) is 4.28. The Bertz CT molecular complexity index is 957. The maximum absolute atomic E-state index is 14.5. The zero-order valence-corrected chi connectivity index (χ0v) is 18.1. The van der Waals surface area contributed by atoms with Gasteiger partial charge in [-0.25, -0.2) is 8.78 Å². The van der Waals surface area contributed by atoms with Gasteiger partial charge in [-0.3, -0.25) is 9.59 Å². The molecule has 2 aromatic rings. The van der Waals surface area contributed by atoms with Crippen molar-refractivity contribution in [1.29, 1.82) is 0 Å². The zero-order chi connectivity index (χ0) is 22.0. The van der Waals surface area contributed by atoms with E-state index >= 15 is 0 Å². The topological polar surface area (TPSA) is 49.9 Å². The summed E-state index contributed by atoms with van der Waals surface area (Å²) in [6.07, 6.45) is 1.84. The SMILES string of the molecule is COc1ccc(C(=O)N2C[C@@H](C)N(C(=O)c3ccc(SC)cc3F)[C@H](C)C2)c(F)c1. The summed E-state index contributed by atoms with van der Waals surface area (Å²) in [7, 11) is 1.42. The van der Waals surface area contributed by atoms with E-state index in [0.29, 0.717) is 5.75 Å². The summed E-state index contributed by atoms with van der Waals surface area (Å²) in [4.78, 5) is 29.7. The number of nitrogens with zero attached hydrogens (tertiary/aromatic N) is 2. The lowest BCUT2D eigenvalue weighted by Gasteiger charge is -2.44. The fourth-order valence-electron chi connectivity index (χ4n) is 3.79. The minimum Gasteiger partial charge on any atom is -0.497 e. The normalized spacial score (nSPS) is 19.0. The highest BCUT2D eigenvalue weighted by molar-refractivity contribution is 7.98. The molecule has 8 heteroatoms. The number of piperazine rings is 1. The lowest BCUT2D eigenvalue weighted by molar-refractivity contribution is 0.0249. The van der Waals surface area contributed by atoms with Crippen LogP contribution in [0.25, 0.3) is 0 Å². The van der Waals surface area contributed by atoms with Crippen LogP contribution < -0.4 is 4.74 Å². The van der Waals surface area contributed by atoms with Gasteiger partial charge in [0.2, 0.25) is 0 Å². The molecule has 0 N–H and O–H groups in total. The van der Waals surface area contributed by atoms with Crippen molar-refractivity contribution in [2.24, 2.45) is 0 Å². The quantitative estimate of drug-likeness (QED) is 0.681. The number of carbonyl (C=O) groups excluding carboxylic acids is 2. The van der Waals surface area contributed by atoms with E-state index < -0.39 is 23.4 Å². The van der Waals surface area contributed by atoms with E-state index in [1.807, 2.05) is 6.26 Å². The van der Waals surface area contributed by atoms with Gasteiger partial charge in [-0.05, 0) is 50.4 Å². The van der Waals surface area contributed by atoms with Crippen LogP contribution in [0.15, 0.2) is 41.3 Å². The van der Waals surface area contributed by atoms with Gasteiger partial charge >= 0.3 is 0 Å². The van der Waals surface area contributed by atoms with Crippen LogP contribution in [0.4, 0.5) is 8.78 Å². The smallest absolute Gasteiger partial charge is 0.257 e. The highest BCUT2D eigenvalue weighted by Crippen LogP contribution is 2.25. The third-order valence-corrected chi connectivity index (χ3v) is 5.98. The third-order valence-electron chi connectivity index (χ3n) is 5.25. The first-order valence-electron chi connectivity index (χ1n) is 9.55. The molecule has 2 atom stereocenters. The summed E-state index contributed by atoms with van der Waals surface area (Å²) in [5.41, 5.74) is -0.0406. The van der Waals surface area contributed by atoms with Crippen molar-refractivity contribution in [3.8, 4) is 5.75 Å². The Morgan fingerprint density at radius 3 is 2.07 bits per heavy atom. The fourth-order valence-corrected chi connectivity index (χ4v) is 4.22. The molecular weight excluding hydrogens is 410 g/mol. The number of benzene rings is 2. The molecule has 0 spiro atoms. The molecule has 160 valence electrons. The molecule has 1 saturated heterocycles. The molecule has 1 heterocycles. The zero-order valence-electron chi connectivity index (χ0n) is 17.3. The minimum atomic E-state index is -0.658. The molecule has 0 unspecified atom stereocenters. The molecule has 3 rings (SSSR count). The minimum absolute atomic E-state index is 0.00692. The van der Waals surface area contributed by atoms with Gasteiger partial charge in [-0.15, -0.1) is 11.8 Å². The Labute approximate surface area is 179 Å². The number of methoxy groups -OCH3 is 1. The Balaban J connectivity index is 1.78. The molecule has 0 bridgehead atoms. The van der Waals surface area contributed by atoms with Crippen molar-refractivity contribution in [3.05, 3.63) is 59.2 Å². The molecule has 2 aromatic carbocycles. The first-order valence-corrected chi connectivity index (χ1v) is 10.8. The fraction of sp³-hybridized carbons (Fsp3) is 0.364. The average molecular weight is 435 g/mol. The van der Waals surface area contributed by atoms with Gasteiger partial charge in [-0.1, -0.05) is 0 Å². The van der Waals surface area contributed by atoms with Crippen LogP contribution in [0.2, 0.25) is 0 Å². The summed E-state index contributed by atoms with van der Waals surface area (Å²) in [6, 6.07) is 7.93. The number of hydrogen-bond acceptors (Lipinski definition) is 4. The molecule has 1 fully saturated rings. The summed E-state index contributed by atoms with van der Waals surface area (Å²) >= 11 is 1.40. The van der Waals surface area contributed by atoms with Crippen LogP contribution in [0.5, 0.6) is 5.75 Å². The number of thioether (sulfide) groups is 1. The van der Waals surface area contributed by atoms with Crippen LogP contribution >= 0.6 is 11.8 Å². The number of rotatable bonds is 4. The van der Waals surface area contributed by atoms with Gasteiger partial charge in [0, 0.05) is 36.1 Å². The number of halogens is 2. The predicted octanol–water partition coefficient (Wildman–Crippen LogP) is 4.07. The van der Waals surface area contributed by atoms with Crippen molar-refractivity contribution < 1.29 is 23.1 Å². The second-order valence-corrected chi connectivity index (χ2v) is 8.19. The molecule has 1 aliphatic rings. The first kappa shape index (κ1) is 22.1. The highest BCUT2D eigenvalue weighted by atomic mass is 32.2. The van der Waals surface area contributed by atoms with E-state index in [0.717, 1.165) is 4.90 Å². The van der Waals surface area contributed by atoms with E-state index in [9.17, 15) is 18.4 Å². The second-order valence-electron chi connectivity index (χ2n) is 7.31.